The average molecular weight is 229 g/mol. The minimum absolute atomic E-state index is 0.144. The summed E-state index contributed by atoms with van der Waals surface area (Å²) in [5.74, 6) is -2.58. The van der Waals surface area contributed by atoms with Crippen molar-refractivity contribution in [3.63, 3.8) is 0 Å². The number of hydrogen-bond acceptors (Lipinski definition) is 4. The summed E-state index contributed by atoms with van der Waals surface area (Å²) in [7, 11) is 1.22. The molecule has 0 fully saturated rings. The predicted octanol–water partition coefficient (Wildman–Crippen LogP) is -0.0590. The van der Waals surface area contributed by atoms with Gasteiger partial charge in [0.25, 0.3) is 0 Å². The van der Waals surface area contributed by atoms with Gasteiger partial charge < -0.3 is 15.2 Å². The minimum atomic E-state index is -1.23. The lowest BCUT2D eigenvalue weighted by molar-refractivity contribution is -0.145. The van der Waals surface area contributed by atoms with E-state index < -0.39 is 23.9 Å². The van der Waals surface area contributed by atoms with Crippen molar-refractivity contribution in [1.29, 1.82) is 0 Å². The summed E-state index contributed by atoms with van der Waals surface area (Å²) in [6.45, 7) is 3.48. The first-order chi connectivity index (χ1) is 7.38. The van der Waals surface area contributed by atoms with E-state index in [0.717, 1.165) is 6.08 Å². The monoisotopic (exact) mass is 229 g/mol. The maximum atomic E-state index is 11.2. The maximum absolute atomic E-state index is 11.2. The standard InChI is InChI=1S/C10H15NO5/c1-6(2)9(10(15)16-3)11-7(12)4-5-8(13)14/h4-6,9H,1-3H3,(H,11,12)(H,13,14)/b5-4+/t9-/m0/s1. The Morgan fingerprint density at radius 1 is 1.25 bits per heavy atom. The second kappa shape index (κ2) is 6.60. The normalized spacial score (nSPS) is 12.5. The highest BCUT2D eigenvalue weighted by Crippen LogP contribution is 2.03. The van der Waals surface area contributed by atoms with Gasteiger partial charge in [-0.2, -0.15) is 0 Å². The Hall–Kier alpha value is -1.85. The Morgan fingerprint density at radius 3 is 2.19 bits per heavy atom. The van der Waals surface area contributed by atoms with Crippen LogP contribution in [-0.2, 0) is 19.1 Å². The lowest BCUT2D eigenvalue weighted by Gasteiger charge is -2.18. The van der Waals surface area contributed by atoms with Crippen molar-refractivity contribution >= 4 is 17.8 Å². The van der Waals surface area contributed by atoms with Gasteiger partial charge in [-0.05, 0) is 5.92 Å². The fourth-order valence-corrected chi connectivity index (χ4v) is 0.973. The zero-order valence-electron chi connectivity index (χ0n) is 9.39. The van der Waals surface area contributed by atoms with Gasteiger partial charge in [0.05, 0.1) is 7.11 Å². The summed E-state index contributed by atoms with van der Waals surface area (Å²) in [6, 6.07) is -0.782. The van der Waals surface area contributed by atoms with Crippen molar-refractivity contribution in [1.82, 2.24) is 5.32 Å². The van der Waals surface area contributed by atoms with Crippen LogP contribution in [0.25, 0.3) is 0 Å². The molecule has 0 unspecified atom stereocenters. The third-order valence-electron chi connectivity index (χ3n) is 1.80. The molecule has 6 heteroatoms. The van der Waals surface area contributed by atoms with Crippen molar-refractivity contribution in [3.05, 3.63) is 12.2 Å². The minimum Gasteiger partial charge on any atom is -0.478 e. The molecule has 16 heavy (non-hydrogen) atoms. The molecule has 1 atom stereocenters. The van der Waals surface area contributed by atoms with Crippen LogP contribution in [0, 0.1) is 5.92 Å². The van der Waals surface area contributed by atoms with Crippen LogP contribution in [0.5, 0.6) is 0 Å². The van der Waals surface area contributed by atoms with E-state index in [4.69, 9.17) is 5.11 Å². The summed E-state index contributed by atoms with van der Waals surface area (Å²) >= 11 is 0. The summed E-state index contributed by atoms with van der Waals surface area (Å²) in [4.78, 5) is 32.6. The van der Waals surface area contributed by atoms with Gasteiger partial charge in [0.1, 0.15) is 6.04 Å². The van der Waals surface area contributed by atoms with E-state index in [9.17, 15) is 14.4 Å². The molecule has 0 heterocycles. The van der Waals surface area contributed by atoms with E-state index in [1.807, 2.05) is 0 Å². The number of aliphatic carboxylic acids is 1. The Kier molecular flexibility index (Phi) is 5.84. The first-order valence-electron chi connectivity index (χ1n) is 4.67. The van der Waals surface area contributed by atoms with E-state index in [2.05, 4.69) is 10.1 Å². The smallest absolute Gasteiger partial charge is 0.328 e. The molecule has 0 aromatic rings. The van der Waals surface area contributed by atoms with Crippen molar-refractivity contribution in [2.75, 3.05) is 7.11 Å². The number of nitrogens with one attached hydrogen (secondary N) is 1. The summed E-state index contributed by atoms with van der Waals surface area (Å²) in [6.07, 6.45) is 1.55. The number of amides is 1. The van der Waals surface area contributed by atoms with Crippen LogP contribution < -0.4 is 5.32 Å². The Morgan fingerprint density at radius 2 is 1.81 bits per heavy atom. The van der Waals surface area contributed by atoms with Crippen molar-refractivity contribution < 1.29 is 24.2 Å². The molecule has 0 saturated heterocycles. The second-order valence-corrected chi connectivity index (χ2v) is 3.43. The molecular formula is C10H15NO5. The molecule has 0 spiro atoms. The Labute approximate surface area is 93.3 Å². The van der Waals surface area contributed by atoms with Crippen LogP contribution in [0.15, 0.2) is 12.2 Å². The highest BCUT2D eigenvalue weighted by atomic mass is 16.5. The van der Waals surface area contributed by atoms with Gasteiger partial charge in [-0.25, -0.2) is 9.59 Å². The molecule has 2 N–H and O–H groups in total. The molecule has 0 rings (SSSR count). The number of esters is 1. The third kappa shape index (κ3) is 5.14. The first kappa shape index (κ1) is 14.2. The zero-order chi connectivity index (χ0) is 12.7. The number of carboxylic acid groups (broad SMARTS) is 1. The lowest BCUT2D eigenvalue weighted by atomic mass is 10.0. The molecular weight excluding hydrogens is 214 g/mol. The molecule has 6 nitrogen and oxygen atoms in total. The van der Waals surface area contributed by atoms with E-state index in [-0.39, 0.29) is 5.92 Å². The average Bonchev–Trinajstić information content (AvgIpc) is 2.21. The van der Waals surface area contributed by atoms with Gasteiger partial charge >= 0.3 is 11.9 Å². The number of carbonyl (C=O) groups excluding carboxylic acids is 2. The summed E-state index contributed by atoms with van der Waals surface area (Å²) in [5.41, 5.74) is 0. The predicted molar refractivity (Wildman–Crippen MR) is 55.6 cm³/mol. The quantitative estimate of drug-likeness (QED) is 0.509. The fourth-order valence-electron chi connectivity index (χ4n) is 0.973. The van der Waals surface area contributed by atoms with Crippen molar-refractivity contribution in [2.45, 2.75) is 19.9 Å². The fraction of sp³-hybridized carbons (Fsp3) is 0.500. The molecule has 1 amide bonds. The van der Waals surface area contributed by atoms with Crippen molar-refractivity contribution in [3.8, 4) is 0 Å². The van der Waals surface area contributed by atoms with E-state index in [0.29, 0.717) is 6.08 Å². The van der Waals surface area contributed by atoms with Gasteiger partial charge in [-0.3, -0.25) is 4.79 Å². The summed E-state index contributed by atoms with van der Waals surface area (Å²) < 4.78 is 4.51. The largest absolute Gasteiger partial charge is 0.478 e. The molecule has 0 aromatic heterocycles. The van der Waals surface area contributed by atoms with Crippen molar-refractivity contribution in [2.24, 2.45) is 5.92 Å². The number of hydrogen-bond donors (Lipinski definition) is 2. The number of ether oxygens (including phenoxy) is 1. The summed E-state index contributed by atoms with van der Waals surface area (Å²) in [5, 5.41) is 10.7. The Bertz CT molecular complexity index is 308. The van der Waals surface area contributed by atoms with Gasteiger partial charge in [0, 0.05) is 12.2 Å². The number of rotatable bonds is 5. The first-order valence-corrected chi connectivity index (χ1v) is 4.67. The molecule has 0 aliphatic carbocycles. The van der Waals surface area contributed by atoms with Gasteiger partial charge in [-0.15, -0.1) is 0 Å². The highest BCUT2D eigenvalue weighted by molar-refractivity contribution is 5.95. The maximum Gasteiger partial charge on any atom is 0.328 e. The van der Waals surface area contributed by atoms with Gasteiger partial charge in [0.15, 0.2) is 0 Å². The van der Waals surface area contributed by atoms with Crippen LogP contribution >= 0.6 is 0 Å². The second-order valence-electron chi connectivity index (χ2n) is 3.43. The lowest BCUT2D eigenvalue weighted by Crippen LogP contribution is -2.44. The number of methoxy groups -OCH3 is 1. The molecule has 90 valence electrons. The molecule has 0 radical (unpaired) electrons. The van der Waals surface area contributed by atoms with Gasteiger partial charge in [0.2, 0.25) is 5.91 Å². The van der Waals surface area contributed by atoms with Crippen LogP contribution in [0.4, 0.5) is 0 Å². The van der Waals surface area contributed by atoms with Crippen LogP contribution in [0.2, 0.25) is 0 Å². The molecule has 0 aliphatic rings. The zero-order valence-corrected chi connectivity index (χ0v) is 9.39. The van der Waals surface area contributed by atoms with Gasteiger partial charge in [-0.1, -0.05) is 13.8 Å². The number of carbonyl (C=O) groups is 3. The number of carboxylic acids is 1. The topological polar surface area (TPSA) is 92.7 Å². The SMILES string of the molecule is COC(=O)[C@@H](NC(=O)/C=C/C(=O)O)C(C)C. The molecule has 0 aliphatic heterocycles. The van der Waals surface area contributed by atoms with Crippen LogP contribution in [0.1, 0.15) is 13.8 Å². The third-order valence-corrected chi connectivity index (χ3v) is 1.80. The molecule has 0 aromatic carbocycles. The van der Waals surface area contributed by atoms with Crippen LogP contribution in [0.3, 0.4) is 0 Å². The van der Waals surface area contributed by atoms with Crippen LogP contribution in [-0.4, -0.2) is 36.1 Å². The highest BCUT2D eigenvalue weighted by Gasteiger charge is 2.23. The molecule has 0 saturated carbocycles. The van der Waals surface area contributed by atoms with E-state index >= 15 is 0 Å². The Balaban J connectivity index is 4.47. The molecule has 0 bridgehead atoms. The van der Waals surface area contributed by atoms with E-state index in [1.54, 1.807) is 13.8 Å². The van der Waals surface area contributed by atoms with E-state index in [1.165, 1.54) is 7.11 Å².